The number of aromatic amines is 1. The molecular weight excluding hydrogens is 748 g/mol. The number of fused-ring (bicyclic) bond motifs is 2. The maximum Gasteiger partial charge on any atom is 1.00 e. The van der Waals surface area contributed by atoms with Crippen molar-refractivity contribution in [3.8, 4) is 0 Å². The molecule has 2 saturated heterocycles. The number of hydrogen-bond acceptors (Lipinski definition) is 8. The quantitative estimate of drug-likeness (QED) is 0.150. The van der Waals surface area contributed by atoms with Crippen molar-refractivity contribution in [1.29, 1.82) is 0 Å². The van der Waals surface area contributed by atoms with Crippen molar-refractivity contribution in [3.05, 3.63) is 132 Å². The van der Waals surface area contributed by atoms with Crippen LogP contribution in [0.3, 0.4) is 0 Å². The van der Waals surface area contributed by atoms with E-state index in [1.165, 1.54) is 6.20 Å². The monoisotopic (exact) mass is 790 g/mol. The Hall–Kier alpha value is -5.96. The van der Waals surface area contributed by atoms with Crippen LogP contribution in [0, 0.1) is 0 Å². The van der Waals surface area contributed by atoms with E-state index in [0.717, 1.165) is 0 Å². The largest absolute Gasteiger partial charge is 1.00 e. The number of rotatable bonds is 6. The molecule has 2 fully saturated rings. The Labute approximate surface area is 358 Å². The molecule has 2 aliphatic rings. The molecule has 1 N–H and O–H groups in total. The fourth-order valence-electron chi connectivity index (χ4n) is 7.44. The van der Waals surface area contributed by atoms with Crippen LogP contribution in [0.5, 0.6) is 0 Å². The molecule has 0 saturated carbocycles. The third-order valence-corrected chi connectivity index (χ3v) is 10.5. The summed E-state index contributed by atoms with van der Waals surface area (Å²) < 4.78 is 1.75. The number of amides is 4. The van der Waals surface area contributed by atoms with Crippen molar-refractivity contribution in [3.63, 3.8) is 0 Å². The first-order chi connectivity index (χ1) is 27.5. The number of H-pyrrole nitrogens is 1. The number of ketones is 2. The maximum absolute atomic E-state index is 13.0. The Morgan fingerprint density at radius 3 is 1.62 bits per heavy atom. The van der Waals surface area contributed by atoms with E-state index in [0.29, 0.717) is 83.6 Å². The molecule has 8 rings (SSSR count). The van der Waals surface area contributed by atoms with Crippen LogP contribution in [0.15, 0.2) is 110 Å². The zero-order chi connectivity index (χ0) is 40.2. The molecule has 58 heavy (non-hydrogen) atoms. The summed E-state index contributed by atoms with van der Waals surface area (Å²) in [5.41, 5.74) is 3.16. The number of nitrogens with one attached hydrogen (secondary N) is 1. The van der Waals surface area contributed by atoms with Gasteiger partial charge in [0.05, 0.1) is 11.1 Å². The molecule has 292 valence electrons. The number of aryl methyl sites for hydroxylation is 1. The predicted molar refractivity (Wildman–Crippen MR) is 214 cm³/mol. The van der Waals surface area contributed by atoms with Gasteiger partial charge in [-0.25, -0.2) is 9.97 Å². The summed E-state index contributed by atoms with van der Waals surface area (Å²) in [5, 5.41) is 1.30. The molecule has 0 radical (unpaired) electrons. The van der Waals surface area contributed by atoms with Crippen LogP contribution >= 0.6 is 0 Å². The molecule has 14 nitrogen and oxygen atoms in total. The molecule has 2 atom stereocenters. The molecule has 15 heteroatoms. The van der Waals surface area contributed by atoms with Crippen LogP contribution in [0.2, 0.25) is 0 Å². The van der Waals surface area contributed by atoms with Crippen molar-refractivity contribution >= 4 is 57.3 Å². The summed E-state index contributed by atoms with van der Waals surface area (Å²) in [4.78, 5) is 94.7. The van der Waals surface area contributed by atoms with Crippen molar-refractivity contribution in [1.82, 2.24) is 39.1 Å². The van der Waals surface area contributed by atoms with Gasteiger partial charge < -0.3 is 30.6 Å². The molecule has 4 amide bonds. The van der Waals surface area contributed by atoms with Gasteiger partial charge in [-0.3, -0.25) is 28.8 Å². The van der Waals surface area contributed by atoms with Crippen molar-refractivity contribution in [2.75, 3.05) is 39.3 Å². The minimum absolute atomic E-state index is 0. The molecule has 0 bridgehead atoms. The zero-order valence-corrected chi connectivity index (χ0v) is 34.9. The molecule has 4 aromatic heterocycles. The number of piperazine rings is 2. The van der Waals surface area contributed by atoms with Gasteiger partial charge in [0, 0.05) is 105 Å². The molecule has 0 unspecified atom stereocenters. The smallest absolute Gasteiger partial charge is 1.00 e. The molecule has 6 aromatic rings. The van der Waals surface area contributed by atoms with Gasteiger partial charge in [0.15, 0.2) is 0 Å². The van der Waals surface area contributed by atoms with Crippen LogP contribution in [0.4, 0.5) is 0 Å². The fraction of sp³-hybridized carbons (Fsp3) is 0.256. The van der Waals surface area contributed by atoms with Crippen molar-refractivity contribution < 1.29 is 59.8 Å². The van der Waals surface area contributed by atoms with Crippen LogP contribution in [-0.4, -0.2) is 126 Å². The van der Waals surface area contributed by atoms with E-state index in [4.69, 9.17) is 0 Å². The minimum atomic E-state index is -0.561. The average molecular weight is 791 g/mol. The van der Waals surface area contributed by atoms with Gasteiger partial charge in [0.1, 0.15) is 11.3 Å². The van der Waals surface area contributed by atoms with E-state index in [9.17, 15) is 28.8 Å². The third kappa shape index (κ3) is 8.49. The molecular formula is C43H43N8NaO6. The first-order valence-electron chi connectivity index (χ1n) is 18.7. The summed E-state index contributed by atoms with van der Waals surface area (Å²) >= 11 is 0. The number of aromatic nitrogens is 4. The Bertz CT molecular complexity index is 2490. The number of pyridine rings is 2. The molecule has 0 aliphatic carbocycles. The Morgan fingerprint density at radius 1 is 0.621 bits per heavy atom. The first kappa shape index (κ1) is 41.7. The Balaban J connectivity index is 0.000000217. The molecule has 6 heterocycles. The van der Waals surface area contributed by atoms with Crippen LogP contribution in [0.1, 0.15) is 56.7 Å². The van der Waals surface area contributed by atoms with E-state index < -0.39 is 23.4 Å². The Kier molecular flexibility index (Phi) is 13.0. The zero-order valence-electron chi connectivity index (χ0n) is 33.9. The van der Waals surface area contributed by atoms with E-state index in [-0.39, 0.29) is 54.9 Å². The number of nitrogens with zero attached hydrogens (tertiary/aromatic N) is 7. The summed E-state index contributed by atoms with van der Waals surface area (Å²) in [7, 11) is 1.80. The van der Waals surface area contributed by atoms with Gasteiger partial charge in [0.2, 0.25) is 0 Å². The van der Waals surface area contributed by atoms with Gasteiger partial charge in [-0.15, -0.1) is 0 Å². The summed E-state index contributed by atoms with van der Waals surface area (Å²) in [5.74, 6) is -2.32. The Morgan fingerprint density at radius 2 is 1.10 bits per heavy atom. The summed E-state index contributed by atoms with van der Waals surface area (Å²) in [6.45, 7) is 5.94. The minimum Gasteiger partial charge on any atom is -1.00 e. The standard InChI is InChI=1S/C22H22N4O3.C21H20N4O3.Na.H/c1-15-13-25(21(28)16-7-4-3-5-8-16)11-12-26(15)22(29)19(27)18-14-24(2)20-17(18)9-6-10-23-20;1-14-13-24(20(27)15-6-3-2-4-7-15)10-11-25(14)21(28)18(26)17-12-23-19-16(17)8-5-9-22-19;;/h3-10,14-15H,11-13H2,1-2H3;2-9,12,14H,10-11,13H2,1H3,(H,22,23);;/q;;+1;-1/t15-;14-;;/m11../s1. The van der Waals surface area contributed by atoms with Crippen LogP contribution in [0.25, 0.3) is 22.1 Å². The van der Waals surface area contributed by atoms with Crippen LogP contribution in [-0.2, 0) is 16.6 Å². The average Bonchev–Trinajstić information content (AvgIpc) is 3.84. The number of carbonyl (C=O) groups excluding carboxylic acids is 6. The van der Waals surface area contributed by atoms with Gasteiger partial charge in [-0.1, -0.05) is 36.4 Å². The topological polar surface area (TPSA) is 162 Å². The normalized spacial score (nSPS) is 16.6. The first-order valence-corrected chi connectivity index (χ1v) is 18.7. The van der Waals surface area contributed by atoms with Gasteiger partial charge in [0.25, 0.3) is 35.2 Å². The van der Waals surface area contributed by atoms with Gasteiger partial charge in [-0.05, 0) is 62.4 Å². The number of Topliss-reactive ketones (excluding diaryl/α,β-unsaturated/α-hetero) is 2. The van der Waals surface area contributed by atoms with E-state index in [1.807, 2.05) is 50.2 Å². The number of carbonyl (C=O) groups is 6. The summed E-state index contributed by atoms with van der Waals surface area (Å²) in [6, 6.07) is 24.7. The van der Waals surface area contributed by atoms with Crippen molar-refractivity contribution in [2.24, 2.45) is 7.05 Å². The van der Waals surface area contributed by atoms with Gasteiger partial charge in [-0.2, -0.15) is 0 Å². The van der Waals surface area contributed by atoms with Crippen molar-refractivity contribution in [2.45, 2.75) is 25.9 Å². The molecule has 0 spiro atoms. The molecule has 2 aliphatic heterocycles. The van der Waals surface area contributed by atoms with E-state index >= 15 is 0 Å². The fourth-order valence-corrected chi connectivity index (χ4v) is 7.44. The number of hydrogen-bond donors (Lipinski definition) is 1. The van der Waals surface area contributed by atoms with E-state index in [2.05, 4.69) is 15.0 Å². The second-order valence-electron chi connectivity index (χ2n) is 14.2. The number of benzene rings is 2. The third-order valence-electron chi connectivity index (χ3n) is 10.5. The second kappa shape index (κ2) is 18.1. The SMILES string of the molecule is C[C@@H]1CN(C(=O)c2ccccc2)CCN1C(=O)C(=O)c1c[nH]c2ncccc12.C[C@@H]1CN(C(=O)c2ccccc2)CCN1C(=O)C(=O)c1cn(C)c2ncccc12.[H-].[Na+]. The predicted octanol–water partition coefficient (Wildman–Crippen LogP) is 1.36. The molecule has 2 aromatic carbocycles. The maximum atomic E-state index is 13.0. The van der Waals surface area contributed by atoms with Gasteiger partial charge >= 0.3 is 29.6 Å². The van der Waals surface area contributed by atoms with Crippen LogP contribution < -0.4 is 29.6 Å². The second-order valence-corrected chi connectivity index (χ2v) is 14.2. The summed E-state index contributed by atoms with van der Waals surface area (Å²) in [6.07, 6.45) is 6.46. The van der Waals surface area contributed by atoms with E-state index in [1.54, 1.807) is 98.3 Å².